The third kappa shape index (κ3) is 5.88. The zero-order valence-corrected chi connectivity index (χ0v) is 18.4. The number of ether oxygens (including phenoxy) is 2. The Labute approximate surface area is 185 Å². The van der Waals surface area contributed by atoms with Crippen LogP contribution in [0.2, 0.25) is 0 Å². The summed E-state index contributed by atoms with van der Waals surface area (Å²) in [5, 5.41) is 4.71. The van der Waals surface area contributed by atoms with Gasteiger partial charge in [0, 0.05) is 5.69 Å². The molecule has 0 bridgehead atoms. The van der Waals surface area contributed by atoms with Crippen molar-refractivity contribution in [2.24, 2.45) is 0 Å². The molecule has 2 aromatic carbocycles. The van der Waals surface area contributed by atoms with Crippen molar-refractivity contribution in [2.45, 2.75) is 26.7 Å². The van der Waals surface area contributed by atoms with Crippen LogP contribution in [0.3, 0.4) is 0 Å². The molecule has 0 radical (unpaired) electrons. The predicted molar refractivity (Wildman–Crippen MR) is 121 cm³/mol. The molecule has 1 fully saturated rings. The van der Waals surface area contributed by atoms with E-state index in [1.165, 1.54) is 0 Å². The van der Waals surface area contributed by atoms with Crippen molar-refractivity contribution in [3.63, 3.8) is 0 Å². The van der Waals surface area contributed by atoms with E-state index in [-0.39, 0.29) is 18.4 Å². The topological polar surface area (TPSA) is 93.7 Å². The fourth-order valence-electron chi connectivity index (χ4n) is 3.02. The molecule has 2 aromatic rings. The SMILES string of the molecule is CCOc1cc(/C=C2\SC(=O)NC2=O)ccc1OCC(=O)Nc1ccccc1C(C)C. The van der Waals surface area contributed by atoms with Gasteiger partial charge in [0.2, 0.25) is 0 Å². The molecule has 1 aliphatic rings. The molecule has 0 spiro atoms. The van der Waals surface area contributed by atoms with E-state index in [1.807, 2.05) is 31.2 Å². The van der Waals surface area contributed by atoms with Crippen molar-refractivity contribution in [3.05, 3.63) is 58.5 Å². The first-order valence-electron chi connectivity index (χ1n) is 9.90. The van der Waals surface area contributed by atoms with E-state index in [0.717, 1.165) is 23.0 Å². The van der Waals surface area contributed by atoms with Crippen LogP contribution >= 0.6 is 11.8 Å². The summed E-state index contributed by atoms with van der Waals surface area (Å²) in [6.45, 7) is 6.19. The first-order valence-corrected chi connectivity index (χ1v) is 10.7. The molecule has 1 saturated heterocycles. The minimum absolute atomic E-state index is 0.181. The molecule has 7 nitrogen and oxygen atoms in total. The van der Waals surface area contributed by atoms with Gasteiger partial charge in [0.15, 0.2) is 18.1 Å². The molecule has 0 atom stereocenters. The molecule has 3 rings (SSSR count). The molecule has 3 amide bonds. The van der Waals surface area contributed by atoms with Crippen LogP contribution in [0.5, 0.6) is 11.5 Å². The fraction of sp³-hybridized carbons (Fsp3) is 0.261. The highest BCUT2D eigenvalue weighted by molar-refractivity contribution is 8.18. The Morgan fingerprint density at radius 2 is 1.90 bits per heavy atom. The minimum Gasteiger partial charge on any atom is -0.490 e. The maximum absolute atomic E-state index is 12.4. The largest absolute Gasteiger partial charge is 0.490 e. The number of para-hydroxylation sites is 1. The van der Waals surface area contributed by atoms with Crippen molar-refractivity contribution in [3.8, 4) is 11.5 Å². The maximum atomic E-state index is 12.4. The molecule has 0 aliphatic carbocycles. The summed E-state index contributed by atoms with van der Waals surface area (Å²) in [7, 11) is 0. The first-order chi connectivity index (χ1) is 14.9. The van der Waals surface area contributed by atoms with E-state index in [9.17, 15) is 14.4 Å². The number of anilines is 1. The van der Waals surface area contributed by atoms with Crippen LogP contribution in [0.25, 0.3) is 6.08 Å². The second kappa shape index (κ2) is 10.2. The molecule has 31 heavy (non-hydrogen) atoms. The molecule has 162 valence electrons. The Morgan fingerprint density at radius 1 is 1.13 bits per heavy atom. The number of carbonyl (C=O) groups is 3. The van der Waals surface area contributed by atoms with E-state index < -0.39 is 11.1 Å². The zero-order valence-electron chi connectivity index (χ0n) is 17.6. The Morgan fingerprint density at radius 3 is 2.58 bits per heavy atom. The van der Waals surface area contributed by atoms with Gasteiger partial charge in [-0.15, -0.1) is 0 Å². The summed E-state index contributed by atoms with van der Waals surface area (Å²) in [6, 6.07) is 12.8. The zero-order chi connectivity index (χ0) is 22.4. The highest BCUT2D eigenvalue weighted by atomic mass is 32.2. The van der Waals surface area contributed by atoms with E-state index in [1.54, 1.807) is 24.3 Å². The number of nitrogens with one attached hydrogen (secondary N) is 2. The molecule has 0 aromatic heterocycles. The van der Waals surface area contributed by atoms with Gasteiger partial charge >= 0.3 is 0 Å². The second-order valence-corrected chi connectivity index (χ2v) is 8.08. The molecule has 8 heteroatoms. The molecule has 0 unspecified atom stereocenters. The average molecular weight is 441 g/mol. The number of benzene rings is 2. The van der Waals surface area contributed by atoms with Crippen LogP contribution < -0.4 is 20.1 Å². The quantitative estimate of drug-likeness (QED) is 0.585. The molecular formula is C23H24N2O5S. The molecule has 1 aliphatic heterocycles. The first kappa shape index (κ1) is 22.4. The lowest BCUT2D eigenvalue weighted by atomic mass is 10.0. The van der Waals surface area contributed by atoms with E-state index in [4.69, 9.17) is 9.47 Å². The number of carbonyl (C=O) groups excluding carboxylic acids is 3. The second-order valence-electron chi connectivity index (χ2n) is 7.07. The minimum atomic E-state index is -0.424. The van der Waals surface area contributed by atoms with Gasteiger partial charge in [-0.3, -0.25) is 19.7 Å². The summed E-state index contributed by atoms with van der Waals surface area (Å²) in [4.78, 5) is 35.8. The van der Waals surface area contributed by atoms with Crippen LogP contribution in [0.15, 0.2) is 47.4 Å². The monoisotopic (exact) mass is 440 g/mol. The van der Waals surface area contributed by atoms with Crippen LogP contribution in [0, 0.1) is 0 Å². The lowest BCUT2D eigenvalue weighted by Crippen LogP contribution is -2.21. The highest BCUT2D eigenvalue weighted by Crippen LogP contribution is 2.32. The number of amides is 3. The summed E-state index contributed by atoms with van der Waals surface area (Å²) in [6.07, 6.45) is 1.60. The van der Waals surface area contributed by atoms with Crippen molar-refractivity contribution in [1.29, 1.82) is 0 Å². The average Bonchev–Trinajstić information content (AvgIpc) is 3.04. The Hall–Kier alpha value is -3.26. The molecule has 0 saturated carbocycles. The third-order valence-corrected chi connectivity index (χ3v) is 5.23. The summed E-state index contributed by atoms with van der Waals surface area (Å²) < 4.78 is 11.3. The summed E-state index contributed by atoms with van der Waals surface area (Å²) in [5.74, 6) is 0.433. The van der Waals surface area contributed by atoms with Gasteiger partial charge < -0.3 is 14.8 Å². The normalized spacial score (nSPS) is 14.6. The van der Waals surface area contributed by atoms with Gasteiger partial charge in [-0.05, 0) is 60.0 Å². The number of thioether (sulfide) groups is 1. The van der Waals surface area contributed by atoms with Gasteiger partial charge in [-0.2, -0.15) is 0 Å². The molecule has 1 heterocycles. The van der Waals surface area contributed by atoms with E-state index >= 15 is 0 Å². The lowest BCUT2D eigenvalue weighted by Gasteiger charge is -2.15. The van der Waals surface area contributed by atoms with Crippen LogP contribution in [-0.4, -0.2) is 30.3 Å². The van der Waals surface area contributed by atoms with Crippen molar-refractivity contribution < 1.29 is 23.9 Å². The summed E-state index contributed by atoms with van der Waals surface area (Å²) in [5.41, 5.74) is 2.49. The van der Waals surface area contributed by atoms with Crippen LogP contribution in [-0.2, 0) is 9.59 Å². The number of hydrogen-bond acceptors (Lipinski definition) is 6. The number of rotatable bonds is 8. The Kier molecular flexibility index (Phi) is 7.36. The smallest absolute Gasteiger partial charge is 0.290 e. The van der Waals surface area contributed by atoms with E-state index in [0.29, 0.717) is 28.6 Å². The van der Waals surface area contributed by atoms with Crippen LogP contribution in [0.4, 0.5) is 10.5 Å². The predicted octanol–water partition coefficient (Wildman–Crippen LogP) is 4.55. The highest BCUT2D eigenvalue weighted by Gasteiger charge is 2.25. The van der Waals surface area contributed by atoms with Gasteiger partial charge in [-0.1, -0.05) is 38.1 Å². The van der Waals surface area contributed by atoms with Gasteiger partial charge in [0.1, 0.15) is 0 Å². The number of hydrogen-bond donors (Lipinski definition) is 2. The van der Waals surface area contributed by atoms with Crippen molar-refractivity contribution in [1.82, 2.24) is 5.32 Å². The maximum Gasteiger partial charge on any atom is 0.290 e. The lowest BCUT2D eigenvalue weighted by molar-refractivity contribution is -0.118. The van der Waals surface area contributed by atoms with Crippen LogP contribution in [0.1, 0.15) is 37.8 Å². The molecular weight excluding hydrogens is 416 g/mol. The standard InChI is InChI=1S/C23H24N2O5S/c1-4-29-19-11-15(12-20-22(27)25-23(28)31-20)9-10-18(19)30-13-21(26)24-17-8-6-5-7-16(17)14(2)3/h5-12,14H,4,13H2,1-3H3,(H,24,26)(H,25,27,28)/b20-12-. The van der Waals surface area contributed by atoms with E-state index in [2.05, 4.69) is 24.5 Å². The van der Waals surface area contributed by atoms with Gasteiger partial charge in [-0.25, -0.2) is 0 Å². The van der Waals surface area contributed by atoms with Gasteiger partial charge in [0.25, 0.3) is 17.1 Å². The Balaban J connectivity index is 1.70. The van der Waals surface area contributed by atoms with Crippen molar-refractivity contribution in [2.75, 3.05) is 18.5 Å². The Bertz CT molecular complexity index is 1030. The fourth-order valence-corrected chi connectivity index (χ4v) is 3.70. The summed E-state index contributed by atoms with van der Waals surface area (Å²) >= 11 is 0.847. The van der Waals surface area contributed by atoms with Gasteiger partial charge in [0.05, 0.1) is 11.5 Å². The molecule has 2 N–H and O–H groups in total. The third-order valence-electron chi connectivity index (χ3n) is 4.42. The van der Waals surface area contributed by atoms with Crippen molar-refractivity contribution >= 4 is 40.6 Å². The number of imide groups is 1.